The molecule has 0 saturated carbocycles. The predicted octanol–water partition coefficient (Wildman–Crippen LogP) is 2.19. The number of hydrogen-bond acceptors (Lipinski definition) is 11. The van der Waals surface area contributed by atoms with Crippen LogP contribution in [0.15, 0.2) is 59.4 Å². The van der Waals surface area contributed by atoms with Crippen LogP contribution < -0.4 is 39.2 Å². The van der Waals surface area contributed by atoms with Crippen LogP contribution in [-0.4, -0.2) is 55.6 Å². The summed E-state index contributed by atoms with van der Waals surface area (Å²) in [6, 6.07) is 6.17. The molecule has 2 aromatic carbocycles. The van der Waals surface area contributed by atoms with Crippen molar-refractivity contribution >= 4 is 13.8 Å². The normalized spacial score (nSPS) is 13.5. The summed E-state index contributed by atoms with van der Waals surface area (Å²) in [5, 5.41) is 7.89. The van der Waals surface area contributed by atoms with Gasteiger partial charge in [0.2, 0.25) is 6.04 Å². The molecule has 2 aliphatic heterocycles. The van der Waals surface area contributed by atoms with Crippen molar-refractivity contribution in [2.75, 3.05) is 19.8 Å². The van der Waals surface area contributed by atoms with Crippen molar-refractivity contribution in [2.24, 2.45) is 0 Å². The van der Waals surface area contributed by atoms with E-state index in [2.05, 4.69) is 24.7 Å². The number of esters is 1. The van der Waals surface area contributed by atoms with Gasteiger partial charge in [0, 0.05) is 18.1 Å². The molecule has 13 nitrogen and oxygen atoms in total. The van der Waals surface area contributed by atoms with Crippen LogP contribution in [0.1, 0.15) is 37.1 Å². The maximum absolute atomic E-state index is 14.4. The van der Waals surface area contributed by atoms with Gasteiger partial charge in [0.05, 0.1) is 43.3 Å². The molecule has 5 rings (SSSR count). The number of fused-ring (bicyclic) bond motifs is 1. The van der Waals surface area contributed by atoms with E-state index in [1.807, 2.05) is 0 Å². The van der Waals surface area contributed by atoms with E-state index < -0.39 is 56.4 Å². The second-order valence-electron chi connectivity index (χ2n) is 10.1. The molecular weight excluding hydrogens is 695 g/mol. The summed E-state index contributed by atoms with van der Waals surface area (Å²) in [5.74, 6) is -3.91. The molecular formula is C29H24F5N5NaO8P. The van der Waals surface area contributed by atoms with E-state index >= 15 is 0 Å². The van der Waals surface area contributed by atoms with Crippen LogP contribution in [0.25, 0.3) is 34.0 Å². The van der Waals surface area contributed by atoms with Crippen LogP contribution in [0.4, 0.5) is 22.0 Å². The number of ether oxygens (including phenoxy) is 2. The minimum absolute atomic E-state index is 0. The smallest absolute Gasteiger partial charge is 0.756 e. The van der Waals surface area contributed by atoms with Gasteiger partial charge in [-0.1, -0.05) is 18.1 Å². The van der Waals surface area contributed by atoms with E-state index in [9.17, 15) is 36.2 Å². The van der Waals surface area contributed by atoms with Crippen molar-refractivity contribution in [3.8, 4) is 39.8 Å². The largest absolute Gasteiger partial charge is 1.00 e. The molecule has 0 bridgehead atoms. The quantitative estimate of drug-likeness (QED) is 0.0619. The van der Waals surface area contributed by atoms with Gasteiger partial charge in [0.25, 0.3) is 7.82 Å². The van der Waals surface area contributed by atoms with Crippen molar-refractivity contribution in [3.05, 3.63) is 77.8 Å². The molecule has 3 aromatic rings. The average Bonchev–Trinajstić information content (AvgIpc) is 3.68. The number of alkyl halides is 3. The van der Waals surface area contributed by atoms with Gasteiger partial charge in [0.15, 0.2) is 23.2 Å². The summed E-state index contributed by atoms with van der Waals surface area (Å²) >= 11 is 0. The topological polar surface area (TPSA) is 175 Å². The third kappa shape index (κ3) is 9.27. The van der Waals surface area contributed by atoms with Crippen LogP contribution in [-0.2, 0) is 24.8 Å². The van der Waals surface area contributed by atoms with Crippen molar-refractivity contribution in [2.45, 2.75) is 32.0 Å². The molecule has 3 heterocycles. The Morgan fingerprint density at radius 2 is 1.82 bits per heavy atom. The SMILES string of the molecule is CCCOc1ccc(-c2cc(C(C(=O)OCCCOP(=O)([O-])O)n3cc4nc(-c5cccc(F)c5F)nc-4cn3)on2)c(C(F)(F)F)c1.[Na+]. The first-order valence-electron chi connectivity index (χ1n) is 14.1. The summed E-state index contributed by atoms with van der Waals surface area (Å²) in [4.78, 5) is 41.3. The van der Waals surface area contributed by atoms with Gasteiger partial charge in [-0.15, -0.1) is 0 Å². The van der Waals surface area contributed by atoms with E-state index in [0.717, 1.165) is 35.1 Å². The number of benzene rings is 2. The molecule has 0 radical (unpaired) electrons. The minimum atomic E-state index is -5.02. The summed E-state index contributed by atoms with van der Waals surface area (Å²) in [6.07, 6.45) is -2.08. The van der Waals surface area contributed by atoms with E-state index in [1.165, 1.54) is 24.4 Å². The zero-order chi connectivity index (χ0) is 34.6. The molecule has 254 valence electrons. The number of rotatable bonds is 13. The van der Waals surface area contributed by atoms with Crippen LogP contribution in [0.5, 0.6) is 5.75 Å². The number of phosphoric acid groups is 1. The monoisotopic (exact) mass is 719 g/mol. The zero-order valence-corrected chi connectivity index (χ0v) is 28.6. The van der Waals surface area contributed by atoms with Gasteiger partial charge in [-0.05, 0) is 36.8 Å². The summed E-state index contributed by atoms with van der Waals surface area (Å²) in [6.45, 7) is 1.04. The molecule has 2 unspecified atom stereocenters. The molecule has 0 spiro atoms. The first-order valence-corrected chi connectivity index (χ1v) is 15.6. The number of phosphoric ester groups is 1. The van der Waals surface area contributed by atoms with Crippen LogP contribution in [0.3, 0.4) is 0 Å². The molecule has 2 atom stereocenters. The van der Waals surface area contributed by atoms with Crippen molar-refractivity contribution < 1.29 is 89.2 Å². The van der Waals surface area contributed by atoms with Gasteiger partial charge in [-0.25, -0.2) is 28.2 Å². The Hall–Kier alpha value is -3.77. The number of nitrogens with zero attached hydrogens (tertiary/aromatic N) is 5. The van der Waals surface area contributed by atoms with Gasteiger partial charge >= 0.3 is 41.7 Å². The Bertz CT molecular complexity index is 1930. The fraction of sp³-hybridized carbons (Fsp3) is 0.276. The fourth-order valence-electron chi connectivity index (χ4n) is 4.46. The van der Waals surface area contributed by atoms with E-state index in [0.29, 0.717) is 6.42 Å². The molecule has 1 aromatic heterocycles. The minimum Gasteiger partial charge on any atom is -0.756 e. The maximum Gasteiger partial charge on any atom is 1.00 e. The fourth-order valence-corrected chi connectivity index (χ4v) is 4.82. The molecule has 0 aliphatic carbocycles. The van der Waals surface area contributed by atoms with E-state index in [-0.39, 0.29) is 88.1 Å². The Kier molecular flexibility index (Phi) is 12.3. The second kappa shape index (κ2) is 15.8. The Balaban J connectivity index is 0.00000541. The third-order valence-electron chi connectivity index (χ3n) is 6.59. The first kappa shape index (κ1) is 38.0. The van der Waals surface area contributed by atoms with Crippen molar-refractivity contribution in [1.82, 2.24) is 24.9 Å². The Labute approximate surface area is 296 Å². The van der Waals surface area contributed by atoms with Gasteiger partial charge in [0.1, 0.15) is 22.8 Å². The number of carbonyl (C=O) groups excluding carboxylic acids is 1. The molecule has 0 fully saturated rings. The molecule has 1 N–H and O–H groups in total. The number of imidazole rings is 1. The molecule has 0 saturated heterocycles. The maximum atomic E-state index is 14.4. The first-order chi connectivity index (χ1) is 22.7. The number of carbonyl (C=O) groups is 1. The summed E-state index contributed by atoms with van der Waals surface area (Å²) < 4.78 is 102. The average molecular weight is 719 g/mol. The number of aromatic nitrogens is 5. The van der Waals surface area contributed by atoms with Gasteiger partial charge in [-0.2, -0.15) is 18.3 Å². The predicted molar refractivity (Wildman–Crippen MR) is 152 cm³/mol. The molecule has 20 heteroatoms. The van der Waals surface area contributed by atoms with Crippen LogP contribution in [0, 0.1) is 11.6 Å². The van der Waals surface area contributed by atoms with Crippen LogP contribution >= 0.6 is 7.82 Å². The number of hydrogen-bond donors (Lipinski definition) is 1. The van der Waals surface area contributed by atoms with Crippen LogP contribution in [0.2, 0.25) is 0 Å². The Morgan fingerprint density at radius 1 is 1.06 bits per heavy atom. The van der Waals surface area contributed by atoms with E-state index in [1.54, 1.807) is 6.92 Å². The van der Waals surface area contributed by atoms with Gasteiger partial charge in [-0.3, -0.25) is 4.57 Å². The molecule has 0 amide bonds. The summed E-state index contributed by atoms with van der Waals surface area (Å²) in [5.41, 5.74) is -1.81. The molecule has 2 aliphatic rings. The zero-order valence-electron chi connectivity index (χ0n) is 25.7. The Morgan fingerprint density at radius 3 is 2.53 bits per heavy atom. The number of halogens is 5. The standard InChI is InChI=1S/C29H25F5N5O8P.Na/c1-2-9-44-16-7-8-17(19(12-16)29(32,33)34)21-13-24(47-38-21)26(28(40)45-10-4-11-46-48(41,42)43)39-15-23-22(14-35-39)36-27(37-23)18-5-3-6-20(30)25(18)31;/h3,5-8,12-15,26H,2,4,9-11H2,1H3,(H2,41,42,43);/q;+1/p-1. The molecule has 49 heavy (non-hydrogen) atoms. The second-order valence-corrected chi connectivity index (χ2v) is 11.3. The summed E-state index contributed by atoms with van der Waals surface area (Å²) in [7, 11) is -5.02. The van der Waals surface area contributed by atoms with Crippen molar-refractivity contribution in [1.29, 1.82) is 0 Å². The van der Waals surface area contributed by atoms with Crippen molar-refractivity contribution in [3.63, 3.8) is 0 Å². The third-order valence-corrected chi connectivity index (χ3v) is 7.10. The van der Waals surface area contributed by atoms with E-state index in [4.69, 9.17) is 18.9 Å². The van der Waals surface area contributed by atoms with Gasteiger partial charge < -0.3 is 28.3 Å².